The van der Waals surface area contributed by atoms with E-state index >= 15 is 0 Å². The molecular formula is C26H18N6O3S. The molecule has 0 fully saturated rings. The van der Waals surface area contributed by atoms with Crippen molar-refractivity contribution in [3.05, 3.63) is 106 Å². The number of fused-ring (bicyclic) bond motifs is 1. The van der Waals surface area contributed by atoms with Crippen molar-refractivity contribution < 1.29 is 14.4 Å². The fraction of sp³-hybridized carbons (Fsp3) is 0.0769. The standard InChI is InChI=1S/C26H18N6O3S/c27-23(33)20-9-8-16(13-29-20)6-7-17-12-19-21(30-14-17)15-32(25(19)35)22(18-4-2-1-3-5-18)24(34)31-26-28-10-11-36-26/h1-5,8-14,22H,15H2,(H2,27,33)(H,28,31,34). The lowest BCUT2D eigenvalue weighted by molar-refractivity contribution is -0.120. The van der Waals surface area contributed by atoms with Crippen LogP contribution >= 0.6 is 11.3 Å². The summed E-state index contributed by atoms with van der Waals surface area (Å²) in [7, 11) is 0. The summed E-state index contributed by atoms with van der Waals surface area (Å²) in [6.45, 7) is 0.186. The monoisotopic (exact) mass is 494 g/mol. The lowest BCUT2D eigenvalue weighted by atomic mass is 10.0. The van der Waals surface area contributed by atoms with Gasteiger partial charge in [0.1, 0.15) is 11.7 Å². The number of thiazole rings is 1. The minimum Gasteiger partial charge on any atom is -0.364 e. The summed E-state index contributed by atoms with van der Waals surface area (Å²) in [6.07, 6.45) is 4.64. The van der Waals surface area contributed by atoms with Crippen molar-refractivity contribution in [1.29, 1.82) is 0 Å². The first-order chi connectivity index (χ1) is 17.5. The van der Waals surface area contributed by atoms with E-state index in [-0.39, 0.29) is 24.1 Å². The van der Waals surface area contributed by atoms with Gasteiger partial charge in [-0.05, 0) is 23.8 Å². The van der Waals surface area contributed by atoms with Crippen molar-refractivity contribution in [3.8, 4) is 11.8 Å². The largest absolute Gasteiger partial charge is 0.364 e. The van der Waals surface area contributed by atoms with Crippen molar-refractivity contribution in [1.82, 2.24) is 19.9 Å². The fourth-order valence-corrected chi connectivity index (χ4v) is 4.33. The Kier molecular flexibility index (Phi) is 6.21. The van der Waals surface area contributed by atoms with Gasteiger partial charge < -0.3 is 10.6 Å². The van der Waals surface area contributed by atoms with Crippen LogP contribution < -0.4 is 11.1 Å². The number of anilines is 1. The van der Waals surface area contributed by atoms with Crippen molar-refractivity contribution in [2.45, 2.75) is 12.6 Å². The highest BCUT2D eigenvalue weighted by Crippen LogP contribution is 2.32. The summed E-state index contributed by atoms with van der Waals surface area (Å²) < 4.78 is 0. The molecule has 0 bridgehead atoms. The van der Waals surface area contributed by atoms with Gasteiger partial charge in [0.2, 0.25) is 0 Å². The summed E-state index contributed by atoms with van der Waals surface area (Å²) in [5, 5.41) is 5.02. The second-order valence-corrected chi connectivity index (χ2v) is 8.73. The number of nitrogens with two attached hydrogens (primary N) is 1. The van der Waals surface area contributed by atoms with Crippen molar-refractivity contribution >= 4 is 34.2 Å². The van der Waals surface area contributed by atoms with Crippen molar-refractivity contribution in [3.63, 3.8) is 0 Å². The van der Waals surface area contributed by atoms with E-state index in [2.05, 4.69) is 32.1 Å². The quantitative estimate of drug-likeness (QED) is 0.410. The summed E-state index contributed by atoms with van der Waals surface area (Å²) in [6, 6.07) is 13.1. The van der Waals surface area contributed by atoms with Gasteiger partial charge in [0.25, 0.3) is 17.7 Å². The third kappa shape index (κ3) is 4.68. The summed E-state index contributed by atoms with van der Waals surface area (Å²) in [5.74, 6) is 4.62. The van der Waals surface area contributed by atoms with Gasteiger partial charge in [-0.3, -0.25) is 24.7 Å². The zero-order chi connectivity index (χ0) is 25.1. The number of rotatable bonds is 5. The third-order valence-electron chi connectivity index (χ3n) is 5.49. The maximum atomic E-state index is 13.4. The molecule has 10 heteroatoms. The highest BCUT2D eigenvalue weighted by Gasteiger charge is 2.38. The Morgan fingerprint density at radius 3 is 2.50 bits per heavy atom. The minimum atomic E-state index is -0.860. The minimum absolute atomic E-state index is 0.150. The Labute approximate surface area is 210 Å². The van der Waals surface area contributed by atoms with E-state index in [0.29, 0.717) is 33.1 Å². The number of amides is 3. The van der Waals surface area contributed by atoms with E-state index in [0.717, 1.165) is 0 Å². The predicted molar refractivity (Wildman–Crippen MR) is 133 cm³/mol. The number of carbonyl (C=O) groups excluding carboxylic acids is 3. The van der Waals surface area contributed by atoms with Gasteiger partial charge >= 0.3 is 0 Å². The van der Waals surface area contributed by atoms with E-state index < -0.39 is 11.9 Å². The van der Waals surface area contributed by atoms with Crippen LogP contribution in [-0.2, 0) is 11.3 Å². The molecule has 0 saturated carbocycles. The number of carbonyl (C=O) groups is 3. The zero-order valence-corrected chi connectivity index (χ0v) is 19.5. The number of nitrogens with zero attached hydrogens (tertiary/aromatic N) is 4. The Balaban J connectivity index is 1.41. The van der Waals surface area contributed by atoms with Crippen LogP contribution in [0.15, 0.2) is 72.5 Å². The number of hydrogen-bond donors (Lipinski definition) is 2. The molecule has 4 heterocycles. The molecule has 9 nitrogen and oxygen atoms in total. The van der Waals surface area contributed by atoms with Crippen LogP contribution in [0.25, 0.3) is 0 Å². The molecule has 176 valence electrons. The molecule has 36 heavy (non-hydrogen) atoms. The van der Waals surface area contributed by atoms with Crippen LogP contribution in [0.5, 0.6) is 0 Å². The Hall–Kier alpha value is -4.88. The number of aromatic nitrogens is 3. The van der Waals surface area contributed by atoms with Crippen LogP contribution in [-0.4, -0.2) is 37.6 Å². The van der Waals surface area contributed by atoms with Gasteiger partial charge in [0.15, 0.2) is 5.13 Å². The predicted octanol–water partition coefficient (Wildman–Crippen LogP) is 2.77. The lowest BCUT2D eigenvalue weighted by Gasteiger charge is -2.26. The molecule has 1 aliphatic heterocycles. The van der Waals surface area contributed by atoms with E-state index in [1.165, 1.54) is 28.5 Å². The van der Waals surface area contributed by atoms with Gasteiger partial charge in [-0.15, -0.1) is 11.3 Å². The molecule has 1 aromatic carbocycles. The van der Waals surface area contributed by atoms with Gasteiger partial charge in [-0.2, -0.15) is 0 Å². The second-order valence-electron chi connectivity index (χ2n) is 7.84. The average Bonchev–Trinajstić information content (AvgIpc) is 3.52. The molecule has 0 spiro atoms. The number of primary amides is 1. The normalized spacial score (nSPS) is 12.9. The molecule has 3 amide bonds. The Bertz CT molecular complexity index is 1510. The van der Waals surface area contributed by atoms with Crippen molar-refractivity contribution in [2.24, 2.45) is 5.73 Å². The maximum absolute atomic E-state index is 13.4. The first kappa shape index (κ1) is 22.9. The van der Waals surface area contributed by atoms with Crippen LogP contribution in [0.4, 0.5) is 5.13 Å². The number of pyridine rings is 2. The fourth-order valence-electron chi connectivity index (χ4n) is 3.79. The van der Waals surface area contributed by atoms with Gasteiger partial charge in [0.05, 0.1) is 17.8 Å². The van der Waals surface area contributed by atoms with E-state index in [1.807, 2.05) is 30.3 Å². The van der Waals surface area contributed by atoms with Crippen LogP contribution in [0.2, 0.25) is 0 Å². The third-order valence-corrected chi connectivity index (χ3v) is 6.18. The Morgan fingerprint density at radius 1 is 1.03 bits per heavy atom. The van der Waals surface area contributed by atoms with Gasteiger partial charge in [-0.25, -0.2) is 9.97 Å². The summed E-state index contributed by atoms with van der Waals surface area (Å²) in [5.41, 5.74) is 8.12. The SMILES string of the molecule is NC(=O)c1ccc(C#Cc2cnc3c(c2)C(=O)N(C(C(=O)Nc2nccs2)c2ccccc2)C3)cn1. The van der Waals surface area contributed by atoms with E-state index in [1.54, 1.807) is 29.9 Å². The van der Waals surface area contributed by atoms with Crippen LogP contribution in [0.3, 0.4) is 0 Å². The molecule has 0 aliphatic carbocycles. The van der Waals surface area contributed by atoms with Crippen LogP contribution in [0.1, 0.15) is 49.3 Å². The van der Waals surface area contributed by atoms with Gasteiger partial charge in [-0.1, -0.05) is 42.2 Å². The second kappa shape index (κ2) is 9.77. The van der Waals surface area contributed by atoms with Crippen molar-refractivity contribution in [2.75, 3.05) is 5.32 Å². The molecule has 4 aromatic rings. The highest BCUT2D eigenvalue weighted by atomic mass is 32.1. The molecule has 0 saturated heterocycles. The van der Waals surface area contributed by atoms with E-state index in [9.17, 15) is 14.4 Å². The zero-order valence-electron chi connectivity index (χ0n) is 18.7. The smallest absolute Gasteiger partial charge is 0.267 e. The molecule has 5 rings (SSSR count). The highest BCUT2D eigenvalue weighted by molar-refractivity contribution is 7.13. The van der Waals surface area contributed by atoms with Gasteiger partial charge in [0, 0.05) is 35.1 Å². The Morgan fingerprint density at radius 2 is 1.81 bits per heavy atom. The first-order valence-corrected chi connectivity index (χ1v) is 11.7. The maximum Gasteiger partial charge on any atom is 0.267 e. The van der Waals surface area contributed by atoms with Crippen LogP contribution in [0, 0.1) is 11.8 Å². The number of benzene rings is 1. The average molecular weight is 495 g/mol. The topological polar surface area (TPSA) is 131 Å². The number of nitrogens with one attached hydrogen (secondary N) is 1. The molecule has 3 N–H and O–H groups in total. The molecule has 0 radical (unpaired) electrons. The molecule has 1 unspecified atom stereocenters. The first-order valence-electron chi connectivity index (χ1n) is 10.8. The lowest BCUT2D eigenvalue weighted by Crippen LogP contribution is -2.37. The molecule has 3 aromatic heterocycles. The molecule has 1 aliphatic rings. The summed E-state index contributed by atoms with van der Waals surface area (Å²) in [4.78, 5) is 51.9. The molecule has 1 atom stereocenters. The molecular weight excluding hydrogens is 476 g/mol. The summed E-state index contributed by atoms with van der Waals surface area (Å²) >= 11 is 1.30. The van der Waals surface area contributed by atoms with E-state index in [4.69, 9.17) is 5.73 Å². The number of hydrogen-bond acceptors (Lipinski definition) is 7.